The molecule has 1 N–H and O–H groups in total. The van der Waals surface area contributed by atoms with E-state index in [1.54, 1.807) is 49.4 Å². The minimum absolute atomic E-state index is 0.0626. The molecule has 2 aromatic carbocycles. The van der Waals surface area contributed by atoms with E-state index in [1.165, 1.54) is 17.8 Å². The Labute approximate surface area is 156 Å². The van der Waals surface area contributed by atoms with Crippen LogP contribution in [0.2, 0.25) is 0 Å². The van der Waals surface area contributed by atoms with Crippen molar-refractivity contribution in [1.82, 2.24) is 9.78 Å². The lowest BCUT2D eigenvalue weighted by Crippen LogP contribution is -2.24. The van der Waals surface area contributed by atoms with Crippen LogP contribution in [0.3, 0.4) is 0 Å². The van der Waals surface area contributed by atoms with E-state index < -0.39 is 15.7 Å². The minimum atomic E-state index is -3.47. The Morgan fingerprint density at radius 1 is 1.07 bits per heavy atom. The molecule has 7 nitrogen and oxygen atoms in total. The van der Waals surface area contributed by atoms with Crippen molar-refractivity contribution in [2.75, 3.05) is 11.1 Å². The normalized spacial score (nSPS) is 11.5. The maximum absolute atomic E-state index is 12.6. The lowest BCUT2D eigenvalue weighted by molar-refractivity contribution is -0.115. The lowest BCUT2D eigenvalue weighted by atomic mass is 10.1. The number of aromatic nitrogens is 2. The Morgan fingerprint density at radius 3 is 2.41 bits per heavy atom. The first-order valence-corrected chi connectivity index (χ1v) is 10.0. The van der Waals surface area contributed by atoms with Gasteiger partial charge in [-0.3, -0.25) is 9.59 Å². The number of fused-ring (bicyclic) bond motifs is 1. The molecular weight excluding hydrogens is 366 g/mol. The van der Waals surface area contributed by atoms with Crippen LogP contribution in [0, 0.1) is 0 Å². The zero-order valence-electron chi connectivity index (χ0n) is 15.0. The van der Waals surface area contributed by atoms with Gasteiger partial charge in [-0.1, -0.05) is 37.3 Å². The average molecular weight is 385 g/mol. The molecule has 1 amide bonds. The summed E-state index contributed by atoms with van der Waals surface area (Å²) in [5.74, 6) is -0.475. The summed E-state index contributed by atoms with van der Waals surface area (Å²) in [6, 6.07) is 13.2. The largest absolute Gasteiger partial charge is 0.325 e. The number of benzene rings is 2. The Morgan fingerprint density at radius 2 is 1.70 bits per heavy atom. The smallest absolute Gasteiger partial charge is 0.274 e. The van der Waals surface area contributed by atoms with Gasteiger partial charge in [0.1, 0.15) is 0 Å². The molecule has 0 bridgehead atoms. The Balaban J connectivity index is 1.94. The predicted octanol–water partition coefficient (Wildman–Crippen LogP) is 1.91. The van der Waals surface area contributed by atoms with Crippen molar-refractivity contribution in [3.05, 3.63) is 64.6 Å². The van der Waals surface area contributed by atoms with Crippen LogP contribution < -0.4 is 10.9 Å². The highest BCUT2D eigenvalue weighted by molar-refractivity contribution is 7.91. The average Bonchev–Trinajstić information content (AvgIpc) is 2.66. The van der Waals surface area contributed by atoms with Crippen LogP contribution in [0.15, 0.2) is 58.2 Å². The molecule has 0 spiro atoms. The maximum atomic E-state index is 12.6. The number of para-hydroxylation sites is 1. The highest BCUT2D eigenvalue weighted by atomic mass is 32.2. The summed E-state index contributed by atoms with van der Waals surface area (Å²) in [5, 5.41) is 7.93. The number of hydrogen-bond donors (Lipinski definition) is 1. The number of amides is 1. The molecule has 1 aromatic heterocycles. The number of nitrogens with zero attached hydrogens (tertiary/aromatic N) is 2. The van der Waals surface area contributed by atoms with Crippen molar-refractivity contribution in [1.29, 1.82) is 0 Å². The molecule has 0 atom stereocenters. The highest BCUT2D eigenvalue weighted by Gasteiger charge is 2.18. The lowest BCUT2D eigenvalue weighted by Gasteiger charge is -2.12. The molecule has 0 radical (unpaired) electrons. The molecule has 0 saturated heterocycles. The predicted molar refractivity (Wildman–Crippen MR) is 103 cm³/mol. The standard InChI is InChI=1S/C19H19N3O4S/c1-3-27(25,26)17-11-7-6-10-15(17)20-18(23)12-16-13-8-4-5-9-14(13)19(24)22(2)21-16/h4-11H,3,12H2,1-2H3,(H,20,23). The molecule has 27 heavy (non-hydrogen) atoms. The summed E-state index contributed by atoms with van der Waals surface area (Å²) in [6.07, 6.45) is -0.0882. The SMILES string of the molecule is CCS(=O)(=O)c1ccccc1NC(=O)Cc1nn(C)c(=O)c2ccccc12. The Bertz CT molecular complexity index is 1180. The summed E-state index contributed by atoms with van der Waals surface area (Å²) >= 11 is 0. The van der Waals surface area contributed by atoms with Crippen molar-refractivity contribution in [2.45, 2.75) is 18.2 Å². The first kappa shape index (κ1) is 18.8. The van der Waals surface area contributed by atoms with Gasteiger partial charge in [0.05, 0.1) is 33.8 Å². The third-order valence-electron chi connectivity index (χ3n) is 4.24. The second-order valence-electron chi connectivity index (χ2n) is 6.05. The van der Waals surface area contributed by atoms with E-state index >= 15 is 0 Å². The van der Waals surface area contributed by atoms with Crippen LogP contribution in [-0.4, -0.2) is 29.9 Å². The van der Waals surface area contributed by atoms with Crippen molar-refractivity contribution in [2.24, 2.45) is 7.05 Å². The van der Waals surface area contributed by atoms with Crippen LogP contribution in [0.1, 0.15) is 12.6 Å². The fraction of sp³-hybridized carbons (Fsp3) is 0.211. The van der Waals surface area contributed by atoms with Crippen molar-refractivity contribution in [3.8, 4) is 0 Å². The molecule has 0 unspecified atom stereocenters. The van der Waals surface area contributed by atoms with Gasteiger partial charge in [0.25, 0.3) is 5.56 Å². The van der Waals surface area contributed by atoms with Crippen LogP contribution in [-0.2, 0) is 28.1 Å². The van der Waals surface area contributed by atoms with E-state index in [-0.39, 0.29) is 28.3 Å². The monoisotopic (exact) mass is 385 g/mol. The summed E-state index contributed by atoms with van der Waals surface area (Å²) in [7, 11) is -1.94. The van der Waals surface area contributed by atoms with Gasteiger partial charge >= 0.3 is 0 Å². The molecule has 8 heteroatoms. The van der Waals surface area contributed by atoms with Crippen LogP contribution >= 0.6 is 0 Å². The van der Waals surface area contributed by atoms with Gasteiger partial charge in [-0.05, 0) is 18.2 Å². The van der Waals surface area contributed by atoms with E-state index in [2.05, 4.69) is 10.4 Å². The van der Waals surface area contributed by atoms with Crippen LogP contribution in [0.5, 0.6) is 0 Å². The highest BCUT2D eigenvalue weighted by Crippen LogP contribution is 2.22. The third kappa shape index (κ3) is 3.75. The van der Waals surface area contributed by atoms with Gasteiger partial charge in [0, 0.05) is 12.4 Å². The van der Waals surface area contributed by atoms with Gasteiger partial charge in [-0.15, -0.1) is 0 Å². The maximum Gasteiger partial charge on any atom is 0.274 e. The van der Waals surface area contributed by atoms with E-state index in [4.69, 9.17) is 0 Å². The van der Waals surface area contributed by atoms with E-state index in [9.17, 15) is 18.0 Å². The fourth-order valence-electron chi connectivity index (χ4n) is 2.85. The zero-order valence-corrected chi connectivity index (χ0v) is 15.8. The first-order chi connectivity index (χ1) is 12.8. The molecule has 0 fully saturated rings. The van der Waals surface area contributed by atoms with Crippen LogP contribution in [0.4, 0.5) is 5.69 Å². The molecule has 3 aromatic rings. The number of nitrogens with one attached hydrogen (secondary N) is 1. The Hall–Kier alpha value is -3.00. The summed E-state index contributed by atoms with van der Waals surface area (Å²) < 4.78 is 25.6. The Kier molecular flexibility index (Phi) is 5.09. The summed E-state index contributed by atoms with van der Waals surface area (Å²) in [5.41, 5.74) is 0.439. The molecule has 1 heterocycles. The van der Waals surface area contributed by atoms with Crippen molar-refractivity contribution in [3.63, 3.8) is 0 Å². The van der Waals surface area contributed by atoms with E-state index in [1.807, 2.05) is 0 Å². The summed E-state index contributed by atoms with van der Waals surface area (Å²) in [6.45, 7) is 1.55. The van der Waals surface area contributed by atoms with Gasteiger partial charge in [0.2, 0.25) is 5.91 Å². The van der Waals surface area contributed by atoms with Gasteiger partial charge < -0.3 is 5.32 Å². The topological polar surface area (TPSA) is 98.1 Å². The van der Waals surface area contributed by atoms with Gasteiger partial charge in [-0.2, -0.15) is 5.10 Å². The molecule has 0 aliphatic carbocycles. The number of rotatable bonds is 5. The van der Waals surface area contributed by atoms with Crippen molar-refractivity contribution >= 4 is 32.2 Å². The number of carbonyl (C=O) groups is 1. The molecule has 140 valence electrons. The van der Waals surface area contributed by atoms with Gasteiger partial charge in [-0.25, -0.2) is 13.1 Å². The minimum Gasteiger partial charge on any atom is -0.325 e. The molecular formula is C19H19N3O4S. The number of sulfone groups is 1. The quantitative estimate of drug-likeness (QED) is 0.723. The summed E-state index contributed by atoms with van der Waals surface area (Å²) in [4.78, 5) is 24.8. The first-order valence-electron chi connectivity index (χ1n) is 8.40. The third-order valence-corrected chi connectivity index (χ3v) is 6.02. The molecule has 0 aliphatic heterocycles. The number of hydrogen-bond acceptors (Lipinski definition) is 5. The van der Waals surface area contributed by atoms with Crippen molar-refractivity contribution < 1.29 is 13.2 Å². The van der Waals surface area contributed by atoms with E-state index in [0.717, 1.165) is 0 Å². The van der Waals surface area contributed by atoms with Crippen LogP contribution in [0.25, 0.3) is 10.8 Å². The zero-order chi connectivity index (χ0) is 19.6. The second-order valence-corrected chi connectivity index (χ2v) is 8.29. The molecule has 0 saturated carbocycles. The number of carbonyl (C=O) groups excluding carboxylic acids is 1. The van der Waals surface area contributed by atoms with E-state index in [0.29, 0.717) is 16.5 Å². The number of aryl methyl sites for hydroxylation is 1. The molecule has 3 rings (SSSR count). The second kappa shape index (κ2) is 7.32. The fourth-order valence-corrected chi connectivity index (χ4v) is 3.90. The number of anilines is 1. The molecule has 0 aliphatic rings. The van der Waals surface area contributed by atoms with Gasteiger partial charge in [0.15, 0.2) is 9.84 Å².